The summed E-state index contributed by atoms with van der Waals surface area (Å²) in [6.45, 7) is 17.7. The molecule has 6 nitrogen and oxygen atoms in total. The van der Waals surface area contributed by atoms with E-state index in [9.17, 15) is 0 Å². The van der Waals surface area contributed by atoms with Crippen LogP contribution in [0.2, 0.25) is 0 Å². The van der Waals surface area contributed by atoms with E-state index in [1.54, 1.807) is 0 Å². The van der Waals surface area contributed by atoms with Gasteiger partial charge in [0.1, 0.15) is 0 Å². The van der Waals surface area contributed by atoms with Gasteiger partial charge in [0.15, 0.2) is 0 Å². The van der Waals surface area contributed by atoms with Gasteiger partial charge in [-0.3, -0.25) is 0 Å². The maximum Gasteiger partial charge on any atom is 0.0310 e. The summed E-state index contributed by atoms with van der Waals surface area (Å²) in [6, 6.07) is 0. The lowest BCUT2D eigenvalue weighted by Crippen LogP contribution is -2.60. The highest BCUT2D eigenvalue weighted by atomic mass is 15.9. The summed E-state index contributed by atoms with van der Waals surface area (Å²) in [5, 5.41) is 7.32. The molecule has 0 unspecified atom stereocenters. The Bertz CT molecular complexity index is 337. The molecule has 0 radical (unpaired) electrons. The molecule has 0 spiro atoms. The van der Waals surface area contributed by atoms with Crippen LogP contribution >= 0.6 is 0 Å². The van der Waals surface area contributed by atoms with Crippen LogP contribution in [0.25, 0.3) is 0 Å². The SMILES string of the molecule is CC(C)(N)CCN1CCCN(CCC(C)(C)N)N1CCC(C)(C)N. The van der Waals surface area contributed by atoms with Crippen LogP contribution < -0.4 is 17.2 Å². The first-order valence-corrected chi connectivity index (χ1v) is 9.41. The zero-order valence-corrected chi connectivity index (χ0v) is 16.9. The van der Waals surface area contributed by atoms with E-state index in [1.165, 1.54) is 6.42 Å². The van der Waals surface area contributed by atoms with Crippen molar-refractivity contribution in [1.29, 1.82) is 0 Å². The molecule has 0 bridgehead atoms. The summed E-state index contributed by atoms with van der Waals surface area (Å²) < 4.78 is 0. The van der Waals surface area contributed by atoms with Crippen molar-refractivity contribution in [3.05, 3.63) is 0 Å². The Morgan fingerprint density at radius 2 is 0.958 bits per heavy atom. The minimum atomic E-state index is -0.158. The van der Waals surface area contributed by atoms with Gasteiger partial charge < -0.3 is 17.2 Å². The predicted molar refractivity (Wildman–Crippen MR) is 103 cm³/mol. The number of nitrogens with two attached hydrogens (primary N) is 3. The molecule has 0 saturated carbocycles. The van der Waals surface area contributed by atoms with Gasteiger partial charge in [-0.05, 0) is 67.2 Å². The minimum Gasteiger partial charge on any atom is -0.326 e. The molecule has 0 amide bonds. The van der Waals surface area contributed by atoms with Crippen LogP contribution in [0.15, 0.2) is 0 Å². The van der Waals surface area contributed by atoms with Crippen molar-refractivity contribution >= 4 is 0 Å². The van der Waals surface area contributed by atoms with Crippen molar-refractivity contribution in [2.45, 2.75) is 83.8 Å². The monoisotopic (exact) mass is 342 g/mol. The van der Waals surface area contributed by atoms with E-state index in [1.807, 2.05) is 0 Å². The first-order chi connectivity index (χ1) is 10.8. The summed E-state index contributed by atoms with van der Waals surface area (Å²) in [6.07, 6.45) is 4.09. The molecule has 1 heterocycles. The zero-order valence-electron chi connectivity index (χ0n) is 16.9. The van der Waals surface area contributed by atoms with E-state index >= 15 is 0 Å². The lowest BCUT2D eigenvalue weighted by atomic mass is 10.0. The van der Waals surface area contributed by atoms with Crippen LogP contribution in [-0.4, -0.2) is 64.5 Å². The topological polar surface area (TPSA) is 87.8 Å². The third-order valence-electron chi connectivity index (χ3n) is 4.47. The molecule has 6 N–H and O–H groups in total. The standard InChI is InChI=1S/C18H42N6/c1-16(2,19)8-13-22-11-7-12-23(14-9-17(3,4)20)24(22)15-10-18(5,6)21/h7-15,19-21H2,1-6H3. The van der Waals surface area contributed by atoms with Gasteiger partial charge in [-0.25, -0.2) is 10.0 Å². The number of rotatable bonds is 9. The Labute approximate surface area is 149 Å². The van der Waals surface area contributed by atoms with Gasteiger partial charge in [-0.2, -0.15) is 5.12 Å². The second-order valence-corrected chi connectivity index (χ2v) is 9.57. The van der Waals surface area contributed by atoms with Crippen LogP contribution in [0, 0.1) is 0 Å². The van der Waals surface area contributed by atoms with Gasteiger partial charge >= 0.3 is 0 Å². The first kappa shape index (κ1) is 21.8. The molecule has 0 aromatic heterocycles. The van der Waals surface area contributed by atoms with Gasteiger partial charge in [-0.15, -0.1) is 0 Å². The average molecular weight is 343 g/mol. The highest BCUT2D eigenvalue weighted by Crippen LogP contribution is 2.19. The molecule has 0 atom stereocenters. The molecule has 1 rings (SSSR count). The highest BCUT2D eigenvalue weighted by Gasteiger charge is 2.29. The third kappa shape index (κ3) is 9.30. The Kier molecular flexibility index (Phi) is 7.66. The normalized spacial score (nSPS) is 19.9. The molecule has 1 saturated heterocycles. The summed E-state index contributed by atoms with van der Waals surface area (Å²) in [7, 11) is 0. The predicted octanol–water partition coefficient (Wildman–Crippen LogP) is 1.51. The van der Waals surface area contributed by atoms with E-state index in [4.69, 9.17) is 17.2 Å². The van der Waals surface area contributed by atoms with Gasteiger partial charge in [0.05, 0.1) is 0 Å². The van der Waals surface area contributed by atoms with Crippen LogP contribution in [0.1, 0.15) is 67.2 Å². The van der Waals surface area contributed by atoms with E-state index in [2.05, 4.69) is 56.7 Å². The number of nitrogens with zero attached hydrogens (tertiary/aromatic N) is 3. The lowest BCUT2D eigenvalue weighted by Gasteiger charge is -2.48. The van der Waals surface area contributed by atoms with Gasteiger partial charge in [-0.1, -0.05) is 0 Å². The molecule has 0 aromatic carbocycles. The summed E-state index contributed by atoms with van der Waals surface area (Å²) in [5.74, 6) is 0. The van der Waals surface area contributed by atoms with Gasteiger partial charge in [0.2, 0.25) is 0 Å². The maximum atomic E-state index is 6.23. The fraction of sp³-hybridized carbons (Fsp3) is 1.00. The summed E-state index contributed by atoms with van der Waals surface area (Å²) >= 11 is 0. The van der Waals surface area contributed by atoms with Crippen LogP contribution in [0.3, 0.4) is 0 Å². The summed E-state index contributed by atoms with van der Waals surface area (Å²) in [5.41, 5.74) is 18.2. The Balaban J connectivity index is 2.75. The number of hydrogen-bond acceptors (Lipinski definition) is 6. The van der Waals surface area contributed by atoms with Crippen molar-refractivity contribution in [2.24, 2.45) is 17.2 Å². The van der Waals surface area contributed by atoms with Crippen LogP contribution in [0.5, 0.6) is 0 Å². The molecule has 0 aromatic rings. The third-order valence-corrected chi connectivity index (χ3v) is 4.47. The van der Waals surface area contributed by atoms with Crippen LogP contribution in [-0.2, 0) is 0 Å². The van der Waals surface area contributed by atoms with E-state index in [0.29, 0.717) is 0 Å². The number of hydrazine groups is 2. The molecule has 1 fully saturated rings. The fourth-order valence-electron chi connectivity index (χ4n) is 2.81. The van der Waals surface area contributed by atoms with Gasteiger partial charge in [0, 0.05) is 49.3 Å². The van der Waals surface area contributed by atoms with Crippen molar-refractivity contribution < 1.29 is 0 Å². The van der Waals surface area contributed by atoms with E-state index in [0.717, 1.165) is 52.0 Å². The largest absolute Gasteiger partial charge is 0.326 e. The van der Waals surface area contributed by atoms with E-state index < -0.39 is 0 Å². The first-order valence-electron chi connectivity index (χ1n) is 9.41. The second kappa shape index (κ2) is 8.43. The molecular formula is C18H42N6. The molecule has 144 valence electrons. The van der Waals surface area contributed by atoms with E-state index in [-0.39, 0.29) is 16.6 Å². The Morgan fingerprint density at radius 1 is 0.625 bits per heavy atom. The minimum absolute atomic E-state index is 0.139. The average Bonchev–Trinajstić information content (AvgIpc) is 2.38. The van der Waals surface area contributed by atoms with Gasteiger partial charge in [0.25, 0.3) is 0 Å². The Hall–Kier alpha value is -0.240. The zero-order chi connectivity index (χ0) is 18.6. The molecule has 1 aliphatic heterocycles. The summed E-state index contributed by atoms with van der Waals surface area (Å²) in [4.78, 5) is 0. The smallest absolute Gasteiger partial charge is 0.0310 e. The lowest BCUT2D eigenvalue weighted by molar-refractivity contribution is -0.214. The highest BCUT2D eigenvalue weighted by molar-refractivity contribution is 4.79. The second-order valence-electron chi connectivity index (χ2n) is 9.57. The van der Waals surface area contributed by atoms with Crippen molar-refractivity contribution in [3.8, 4) is 0 Å². The van der Waals surface area contributed by atoms with Crippen molar-refractivity contribution in [2.75, 3.05) is 32.7 Å². The molecule has 1 aliphatic rings. The molecule has 24 heavy (non-hydrogen) atoms. The maximum absolute atomic E-state index is 6.23. The molecule has 0 aliphatic carbocycles. The fourth-order valence-corrected chi connectivity index (χ4v) is 2.81. The van der Waals surface area contributed by atoms with Crippen molar-refractivity contribution in [1.82, 2.24) is 15.1 Å². The number of hydrogen-bond donors (Lipinski definition) is 3. The molecular weight excluding hydrogens is 300 g/mol. The van der Waals surface area contributed by atoms with Crippen LogP contribution in [0.4, 0.5) is 0 Å². The molecule has 6 heteroatoms. The van der Waals surface area contributed by atoms with Crippen molar-refractivity contribution in [3.63, 3.8) is 0 Å². The Morgan fingerprint density at radius 3 is 1.29 bits per heavy atom. The quantitative estimate of drug-likeness (QED) is 0.589.